The van der Waals surface area contributed by atoms with Crippen LogP contribution in [-0.2, 0) is 4.79 Å². The monoisotopic (exact) mass is 484 g/mol. The van der Waals surface area contributed by atoms with Crippen molar-refractivity contribution >= 4 is 43.1 Å². The van der Waals surface area contributed by atoms with Gasteiger partial charge in [0.05, 0.1) is 0 Å². The summed E-state index contributed by atoms with van der Waals surface area (Å²) in [5.41, 5.74) is 0.371. The summed E-state index contributed by atoms with van der Waals surface area (Å²) in [6.45, 7) is 8.23. The molecule has 5 nitrogen and oxygen atoms in total. The van der Waals surface area contributed by atoms with Crippen molar-refractivity contribution in [3.8, 4) is 0 Å². The van der Waals surface area contributed by atoms with Gasteiger partial charge in [0.25, 0.3) is 0 Å². The van der Waals surface area contributed by atoms with E-state index in [0.717, 1.165) is 38.0 Å². The maximum Gasteiger partial charge on any atom is 0.226 e. The number of amides is 1. The molecular formula is C22H43Cl3N4O. The molecule has 0 radical (unpaired) electrons. The van der Waals surface area contributed by atoms with Crippen molar-refractivity contribution in [3.63, 3.8) is 0 Å². The van der Waals surface area contributed by atoms with Crippen molar-refractivity contribution in [1.29, 1.82) is 0 Å². The molecule has 0 aromatic carbocycles. The van der Waals surface area contributed by atoms with Gasteiger partial charge in [-0.25, -0.2) is 0 Å². The quantitative estimate of drug-likeness (QED) is 0.648. The molecular weight excluding hydrogens is 443 g/mol. The predicted molar refractivity (Wildman–Crippen MR) is 131 cm³/mol. The molecule has 1 aliphatic carbocycles. The second-order valence-corrected chi connectivity index (χ2v) is 9.93. The van der Waals surface area contributed by atoms with E-state index in [4.69, 9.17) is 0 Å². The van der Waals surface area contributed by atoms with E-state index in [1.807, 2.05) is 7.05 Å². The number of hydrogen-bond donors (Lipinski definition) is 1. The average molecular weight is 486 g/mol. The average Bonchev–Trinajstić information content (AvgIpc) is 3.39. The standard InChI is InChI=1S/C22H40N4O.3ClH/c1-24-12-6-19(7-13-24)26-15-4-18(5-16-26)3-14-25(2)21(27)20-17-22(20)8-10-23-11-9-22;;;/h18-20,23H,3-17H2,1-2H3;3*1H. The molecule has 3 aliphatic heterocycles. The van der Waals surface area contributed by atoms with Gasteiger partial charge >= 0.3 is 0 Å². The van der Waals surface area contributed by atoms with E-state index >= 15 is 0 Å². The minimum absolute atomic E-state index is 0. The highest BCUT2D eigenvalue weighted by molar-refractivity contribution is 5.86. The Morgan fingerprint density at radius 2 is 1.60 bits per heavy atom. The lowest BCUT2D eigenvalue weighted by Crippen LogP contribution is -2.47. The fourth-order valence-corrected chi connectivity index (χ4v) is 5.89. The minimum atomic E-state index is 0. The molecule has 3 saturated heterocycles. The molecule has 1 saturated carbocycles. The third-order valence-electron chi connectivity index (χ3n) is 8.19. The number of nitrogens with zero attached hydrogens (tertiary/aromatic N) is 3. The Kier molecular flexibility index (Phi) is 11.7. The summed E-state index contributed by atoms with van der Waals surface area (Å²) in [5, 5.41) is 3.44. The Labute approximate surface area is 202 Å². The number of likely N-dealkylation sites (tertiary alicyclic amines) is 2. The summed E-state index contributed by atoms with van der Waals surface area (Å²) in [5.74, 6) is 1.58. The molecule has 1 amide bonds. The van der Waals surface area contributed by atoms with Crippen LogP contribution in [0.4, 0.5) is 0 Å². The molecule has 4 fully saturated rings. The molecule has 4 aliphatic rings. The smallest absolute Gasteiger partial charge is 0.226 e. The van der Waals surface area contributed by atoms with Crippen LogP contribution in [0.15, 0.2) is 0 Å². The van der Waals surface area contributed by atoms with Crippen LogP contribution < -0.4 is 5.32 Å². The van der Waals surface area contributed by atoms with Gasteiger partial charge in [-0.1, -0.05) is 0 Å². The number of nitrogens with one attached hydrogen (secondary N) is 1. The summed E-state index contributed by atoms with van der Waals surface area (Å²) < 4.78 is 0. The number of carbonyl (C=O) groups excluding carboxylic acids is 1. The number of rotatable bonds is 5. The van der Waals surface area contributed by atoms with Crippen molar-refractivity contribution in [2.45, 2.75) is 57.4 Å². The van der Waals surface area contributed by atoms with E-state index in [-0.39, 0.29) is 37.2 Å². The van der Waals surface area contributed by atoms with Gasteiger partial charge < -0.3 is 20.0 Å². The normalized spacial score (nSPS) is 27.5. The highest BCUT2D eigenvalue weighted by Crippen LogP contribution is 2.59. The maximum absolute atomic E-state index is 12.8. The van der Waals surface area contributed by atoms with Gasteiger partial charge in [0, 0.05) is 25.6 Å². The van der Waals surface area contributed by atoms with E-state index in [1.54, 1.807) is 0 Å². The van der Waals surface area contributed by atoms with E-state index in [9.17, 15) is 4.79 Å². The van der Waals surface area contributed by atoms with E-state index < -0.39 is 0 Å². The molecule has 0 bridgehead atoms. The minimum Gasteiger partial charge on any atom is -0.345 e. The van der Waals surface area contributed by atoms with Crippen molar-refractivity contribution < 1.29 is 4.79 Å². The van der Waals surface area contributed by atoms with Crippen molar-refractivity contribution in [2.24, 2.45) is 17.3 Å². The van der Waals surface area contributed by atoms with Crippen LogP contribution in [0.3, 0.4) is 0 Å². The number of carbonyl (C=O) groups is 1. The Morgan fingerprint density at radius 1 is 1.00 bits per heavy atom. The second kappa shape index (κ2) is 12.5. The molecule has 0 aromatic rings. The van der Waals surface area contributed by atoms with Crippen LogP contribution >= 0.6 is 37.2 Å². The number of halogens is 3. The largest absolute Gasteiger partial charge is 0.345 e. The molecule has 178 valence electrons. The van der Waals surface area contributed by atoms with Crippen LogP contribution in [0.5, 0.6) is 0 Å². The van der Waals surface area contributed by atoms with Gasteiger partial charge in [0.1, 0.15) is 0 Å². The van der Waals surface area contributed by atoms with E-state index in [1.165, 1.54) is 71.1 Å². The van der Waals surface area contributed by atoms with Gasteiger partial charge in [-0.3, -0.25) is 4.79 Å². The fraction of sp³-hybridized carbons (Fsp3) is 0.955. The zero-order valence-electron chi connectivity index (χ0n) is 18.8. The Morgan fingerprint density at radius 3 is 2.20 bits per heavy atom. The second-order valence-electron chi connectivity index (χ2n) is 9.93. The summed E-state index contributed by atoms with van der Waals surface area (Å²) in [7, 11) is 4.29. The third kappa shape index (κ3) is 6.62. The highest BCUT2D eigenvalue weighted by Gasteiger charge is 2.58. The van der Waals surface area contributed by atoms with Crippen molar-refractivity contribution in [3.05, 3.63) is 0 Å². The van der Waals surface area contributed by atoms with Crippen molar-refractivity contribution in [2.75, 3.05) is 59.9 Å². The Balaban J connectivity index is 0.00000150. The van der Waals surface area contributed by atoms with Gasteiger partial charge in [0.15, 0.2) is 0 Å². The zero-order valence-corrected chi connectivity index (χ0v) is 21.3. The fourth-order valence-electron chi connectivity index (χ4n) is 5.89. The Bertz CT molecular complexity index is 517. The maximum atomic E-state index is 12.8. The van der Waals surface area contributed by atoms with Gasteiger partial charge in [0.2, 0.25) is 5.91 Å². The molecule has 1 atom stereocenters. The van der Waals surface area contributed by atoms with E-state index in [2.05, 4.69) is 27.1 Å². The number of piperidine rings is 3. The van der Waals surface area contributed by atoms with Gasteiger partial charge in [-0.05, 0) is 109 Å². The molecule has 1 spiro atoms. The van der Waals surface area contributed by atoms with Crippen LogP contribution in [-0.4, -0.2) is 86.6 Å². The topological polar surface area (TPSA) is 38.8 Å². The molecule has 1 N–H and O–H groups in total. The summed E-state index contributed by atoms with van der Waals surface area (Å²) in [4.78, 5) is 20.1. The first kappa shape index (κ1) is 28.3. The summed E-state index contributed by atoms with van der Waals surface area (Å²) in [6, 6.07) is 0.822. The molecule has 8 heteroatoms. The molecule has 30 heavy (non-hydrogen) atoms. The molecule has 4 rings (SSSR count). The highest BCUT2D eigenvalue weighted by atomic mass is 35.5. The predicted octanol–water partition coefficient (Wildman–Crippen LogP) is 3.30. The van der Waals surface area contributed by atoms with Crippen LogP contribution in [0.25, 0.3) is 0 Å². The first-order valence-corrected chi connectivity index (χ1v) is 11.5. The van der Waals surface area contributed by atoms with Crippen LogP contribution in [0.1, 0.15) is 51.4 Å². The lowest BCUT2D eigenvalue weighted by Gasteiger charge is -2.41. The first-order valence-electron chi connectivity index (χ1n) is 11.5. The number of hydrogen-bond acceptors (Lipinski definition) is 4. The van der Waals surface area contributed by atoms with Crippen molar-refractivity contribution in [1.82, 2.24) is 20.0 Å². The summed E-state index contributed by atoms with van der Waals surface area (Å²) in [6.07, 6.45) is 10.1. The van der Waals surface area contributed by atoms with Crippen LogP contribution in [0.2, 0.25) is 0 Å². The first-order chi connectivity index (χ1) is 13.1. The summed E-state index contributed by atoms with van der Waals surface area (Å²) >= 11 is 0. The van der Waals surface area contributed by atoms with Gasteiger partial charge in [-0.15, -0.1) is 37.2 Å². The Hall–Kier alpha value is 0.220. The van der Waals surface area contributed by atoms with E-state index in [0.29, 0.717) is 17.2 Å². The van der Waals surface area contributed by atoms with Crippen LogP contribution in [0, 0.1) is 17.3 Å². The lowest BCUT2D eigenvalue weighted by atomic mass is 9.90. The SMILES string of the molecule is CN1CCC(N2CCC(CCN(C)C(=O)C3CC34CCNCC4)CC2)CC1.Cl.Cl.Cl. The molecule has 3 heterocycles. The molecule has 0 aromatic heterocycles. The zero-order chi connectivity index (χ0) is 18.9. The third-order valence-corrected chi connectivity index (χ3v) is 8.19. The lowest BCUT2D eigenvalue weighted by molar-refractivity contribution is -0.132. The van der Waals surface area contributed by atoms with Gasteiger partial charge in [-0.2, -0.15) is 0 Å². The molecule has 1 unspecified atom stereocenters.